The van der Waals surface area contributed by atoms with Crippen LogP contribution in [0.2, 0.25) is 0 Å². The van der Waals surface area contributed by atoms with Gasteiger partial charge in [0.05, 0.1) is 0 Å². The van der Waals surface area contributed by atoms with Crippen molar-refractivity contribution in [2.24, 2.45) is 0 Å². The highest BCUT2D eigenvalue weighted by atomic mass is 16.5. The minimum Gasteiger partial charge on any atom is -0.489 e. The topological polar surface area (TPSA) is 38.7 Å². The highest BCUT2D eigenvalue weighted by molar-refractivity contribution is 5.37. The Hall–Kier alpha value is -2.00. The van der Waals surface area contributed by atoms with Crippen molar-refractivity contribution in [3.63, 3.8) is 0 Å². The van der Waals surface area contributed by atoms with Gasteiger partial charge in [-0.2, -0.15) is 0 Å². The van der Waals surface area contributed by atoms with Crippen LogP contribution in [0.4, 0.5) is 0 Å². The normalized spacial score (nSPS) is 16.6. The summed E-state index contributed by atoms with van der Waals surface area (Å²) >= 11 is 0. The number of ether oxygens (including phenoxy) is 2. The molecule has 3 rings (SSSR count). The Morgan fingerprint density at radius 2 is 1.90 bits per heavy atom. The predicted molar refractivity (Wildman–Crippen MR) is 77.3 cm³/mol. The van der Waals surface area contributed by atoms with Gasteiger partial charge in [0.15, 0.2) is 0 Å². The third kappa shape index (κ3) is 2.78. The Morgan fingerprint density at radius 1 is 1.10 bits per heavy atom. The summed E-state index contributed by atoms with van der Waals surface area (Å²) in [5, 5.41) is 9.06. The first-order valence-electron chi connectivity index (χ1n) is 6.93. The molecule has 0 saturated carbocycles. The highest BCUT2D eigenvalue weighted by Crippen LogP contribution is 2.28. The third-order valence-electron chi connectivity index (χ3n) is 3.49. The smallest absolute Gasteiger partial charge is 0.137 e. The Morgan fingerprint density at radius 3 is 2.75 bits per heavy atom. The van der Waals surface area contributed by atoms with E-state index >= 15 is 0 Å². The molecule has 0 amide bonds. The van der Waals surface area contributed by atoms with Crippen molar-refractivity contribution in [2.75, 3.05) is 13.2 Å². The van der Waals surface area contributed by atoms with E-state index in [1.165, 1.54) is 5.56 Å². The lowest BCUT2D eigenvalue weighted by Gasteiger charge is -2.14. The van der Waals surface area contributed by atoms with E-state index in [-0.39, 0.29) is 12.7 Å². The first kappa shape index (κ1) is 13.0. The van der Waals surface area contributed by atoms with E-state index < -0.39 is 0 Å². The Bertz CT molecular complexity index is 555. The van der Waals surface area contributed by atoms with Crippen molar-refractivity contribution in [3.05, 3.63) is 59.7 Å². The quantitative estimate of drug-likeness (QED) is 0.907. The van der Waals surface area contributed by atoms with Gasteiger partial charge >= 0.3 is 0 Å². The van der Waals surface area contributed by atoms with Crippen LogP contribution in [0.5, 0.6) is 11.5 Å². The Labute approximate surface area is 118 Å². The summed E-state index contributed by atoms with van der Waals surface area (Å²) in [7, 11) is 0. The summed E-state index contributed by atoms with van der Waals surface area (Å²) in [5.74, 6) is 1.80. The van der Waals surface area contributed by atoms with Crippen LogP contribution in [0.25, 0.3) is 0 Å². The van der Waals surface area contributed by atoms with E-state index in [0.717, 1.165) is 23.5 Å². The number of para-hydroxylation sites is 2. The minimum atomic E-state index is 0.0644. The molecule has 1 aliphatic rings. The molecule has 1 N–H and O–H groups in total. The number of hydrogen-bond donors (Lipinski definition) is 1. The van der Waals surface area contributed by atoms with Crippen LogP contribution >= 0.6 is 0 Å². The number of aliphatic hydroxyl groups excluding tert-OH is 1. The van der Waals surface area contributed by atoms with Crippen LogP contribution in [-0.2, 0) is 12.8 Å². The SMILES string of the molecule is OCCc1ccccc1OCC1Cc2ccccc2O1. The van der Waals surface area contributed by atoms with Crippen molar-refractivity contribution >= 4 is 0 Å². The van der Waals surface area contributed by atoms with Gasteiger partial charge in [-0.3, -0.25) is 0 Å². The highest BCUT2D eigenvalue weighted by Gasteiger charge is 2.23. The second-order valence-corrected chi connectivity index (χ2v) is 4.94. The summed E-state index contributed by atoms with van der Waals surface area (Å²) in [6.45, 7) is 0.656. The molecule has 0 fully saturated rings. The van der Waals surface area contributed by atoms with Crippen LogP contribution < -0.4 is 9.47 Å². The summed E-state index contributed by atoms with van der Waals surface area (Å²) < 4.78 is 11.7. The molecule has 3 nitrogen and oxygen atoms in total. The number of fused-ring (bicyclic) bond motifs is 1. The lowest BCUT2D eigenvalue weighted by Crippen LogP contribution is -2.22. The van der Waals surface area contributed by atoms with Gasteiger partial charge in [-0.15, -0.1) is 0 Å². The molecule has 20 heavy (non-hydrogen) atoms. The standard InChI is InChI=1S/C17H18O3/c18-10-9-13-5-1-3-7-16(13)19-12-15-11-14-6-2-4-8-17(14)20-15/h1-8,15,18H,9-12H2. The van der Waals surface area contributed by atoms with E-state index in [4.69, 9.17) is 14.6 Å². The molecule has 1 aliphatic heterocycles. The lowest BCUT2D eigenvalue weighted by atomic mass is 10.1. The molecule has 0 radical (unpaired) electrons. The molecule has 0 bridgehead atoms. The average Bonchev–Trinajstić information content (AvgIpc) is 2.89. The third-order valence-corrected chi connectivity index (χ3v) is 3.49. The first-order valence-corrected chi connectivity index (χ1v) is 6.93. The van der Waals surface area contributed by atoms with Crippen LogP contribution in [-0.4, -0.2) is 24.4 Å². The van der Waals surface area contributed by atoms with Crippen LogP contribution in [0.1, 0.15) is 11.1 Å². The van der Waals surface area contributed by atoms with E-state index in [1.807, 2.05) is 42.5 Å². The monoisotopic (exact) mass is 270 g/mol. The molecule has 1 heterocycles. The average molecular weight is 270 g/mol. The second kappa shape index (κ2) is 5.97. The first-order chi connectivity index (χ1) is 9.86. The van der Waals surface area contributed by atoms with Gasteiger partial charge in [-0.05, 0) is 29.7 Å². The molecule has 0 spiro atoms. The molecule has 104 valence electrons. The van der Waals surface area contributed by atoms with Gasteiger partial charge < -0.3 is 14.6 Å². The van der Waals surface area contributed by atoms with E-state index in [0.29, 0.717) is 13.0 Å². The van der Waals surface area contributed by atoms with Gasteiger partial charge in [-0.25, -0.2) is 0 Å². The van der Waals surface area contributed by atoms with E-state index in [9.17, 15) is 0 Å². The van der Waals surface area contributed by atoms with E-state index in [2.05, 4.69) is 6.07 Å². The van der Waals surface area contributed by atoms with Crippen molar-refractivity contribution in [3.8, 4) is 11.5 Å². The van der Waals surface area contributed by atoms with Gasteiger partial charge in [0.25, 0.3) is 0 Å². The zero-order valence-corrected chi connectivity index (χ0v) is 11.3. The number of hydrogen-bond acceptors (Lipinski definition) is 3. The van der Waals surface area contributed by atoms with Crippen LogP contribution in [0, 0.1) is 0 Å². The molecular formula is C17H18O3. The van der Waals surface area contributed by atoms with Crippen molar-refractivity contribution in [1.82, 2.24) is 0 Å². The van der Waals surface area contributed by atoms with Gasteiger partial charge in [-0.1, -0.05) is 36.4 Å². The maximum atomic E-state index is 9.06. The van der Waals surface area contributed by atoms with Crippen LogP contribution in [0.3, 0.4) is 0 Å². The molecular weight excluding hydrogens is 252 g/mol. The van der Waals surface area contributed by atoms with Crippen molar-refractivity contribution in [1.29, 1.82) is 0 Å². The van der Waals surface area contributed by atoms with Crippen LogP contribution in [0.15, 0.2) is 48.5 Å². The van der Waals surface area contributed by atoms with Gasteiger partial charge in [0, 0.05) is 13.0 Å². The minimum absolute atomic E-state index is 0.0644. The second-order valence-electron chi connectivity index (χ2n) is 4.94. The fraction of sp³-hybridized carbons (Fsp3) is 0.294. The number of rotatable bonds is 5. The fourth-order valence-electron chi connectivity index (χ4n) is 2.50. The maximum absolute atomic E-state index is 9.06. The number of benzene rings is 2. The fourth-order valence-corrected chi connectivity index (χ4v) is 2.50. The zero-order chi connectivity index (χ0) is 13.8. The molecule has 0 aromatic heterocycles. The van der Waals surface area contributed by atoms with Gasteiger partial charge in [0.2, 0.25) is 0 Å². The Balaban J connectivity index is 1.61. The largest absolute Gasteiger partial charge is 0.489 e. The molecule has 2 aromatic carbocycles. The van der Waals surface area contributed by atoms with E-state index in [1.54, 1.807) is 0 Å². The summed E-state index contributed by atoms with van der Waals surface area (Å²) in [4.78, 5) is 0. The van der Waals surface area contributed by atoms with Gasteiger partial charge in [0.1, 0.15) is 24.2 Å². The van der Waals surface area contributed by atoms with Crippen molar-refractivity contribution < 1.29 is 14.6 Å². The summed E-state index contributed by atoms with van der Waals surface area (Å²) in [6.07, 6.45) is 1.56. The predicted octanol–water partition coefficient (Wildman–Crippen LogP) is 2.60. The zero-order valence-electron chi connectivity index (χ0n) is 11.3. The van der Waals surface area contributed by atoms with Crippen molar-refractivity contribution in [2.45, 2.75) is 18.9 Å². The molecule has 0 saturated heterocycles. The molecule has 1 atom stereocenters. The molecule has 3 heteroatoms. The summed E-state index contributed by atoms with van der Waals surface area (Å²) in [5.41, 5.74) is 2.27. The maximum Gasteiger partial charge on any atom is 0.137 e. The summed E-state index contributed by atoms with van der Waals surface area (Å²) in [6, 6.07) is 15.9. The Kier molecular flexibility index (Phi) is 3.88. The molecule has 1 unspecified atom stereocenters. The molecule has 0 aliphatic carbocycles. The molecule has 2 aromatic rings. The number of aliphatic hydroxyl groups is 1. The lowest BCUT2D eigenvalue weighted by molar-refractivity contribution is 0.147.